The number of hydrogen-bond donors (Lipinski definition) is 1. The van der Waals surface area contributed by atoms with E-state index in [0.29, 0.717) is 0 Å². The molecule has 2 rings (SSSR count). The van der Waals surface area contributed by atoms with Gasteiger partial charge in [0.05, 0.1) is 0 Å². The maximum atomic E-state index is 13.7. The average Bonchev–Trinajstić information content (AvgIpc) is 2.49. The Morgan fingerprint density at radius 3 is 1.27 bits per heavy atom. The van der Waals surface area contributed by atoms with Crippen molar-refractivity contribution in [2.24, 2.45) is 0 Å². The topological polar surface area (TPSA) is 20.2 Å². The van der Waals surface area contributed by atoms with Crippen molar-refractivity contribution in [2.75, 3.05) is 0 Å². The van der Waals surface area contributed by atoms with E-state index in [1.54, 1.807) is 0 Å². The molecule has 0 spiro atoms. The molecule has 0 aliphatic rings. The maximum Gasteiger partial charge on any atom is 0.365 e. The van der Waals surface area contributed by atoms with Crippen LogP contribution in [0.15, 0.2) is 12.1 Å². The Labute approximate surface area is 122 Å². The molecule has 0 radical (unpaired) electrons. The SMILES string of the molecule is Cc1cc(B(O)c2cc(C)c(F)c(F)c2F)c(F)c(F)c1F. The highest BCUT2D eigenvalue weighted by Crippen LogP contribution is 2.16. The molecule has 0 saturated carbocycles. The van der Waals surface area contributed by atoms with Gasteiger partial charge in [-0.1, -0.05) is 12.1 Å². The van der Waals surface area contributed by atoms with E-state index in [1.165, 1.54) is 0 Å². The first-order valence-corrected chi connectivity index (χ1v) is 6.12. The molecule has 0 atom stereocenters. The largest absolute Gasteiger partial charge is 0.443 e. The van der Waals surface area contributed by atoms with Crippen molar-refractivity contribution in [3.05, 3.63) is 58.2 Å². The highest BCUT2D eigenvalue weighted by Gasteiger charge is 2.31. The molecule has 116 valence electrons. The van der Waals surface area contributed by atoms with Gasteiger partial charge in [-0.3, -0.25) is 0 Å². The lowest BCUT2D eigenvalue weighted by molar-refractivity contribution is 0.443. The lowest BCUT2D eigenvalue weighted by atomic mass is 9.55. The van der Waals surface area contributed by atoms with E-state index < -0.39 is 52.7 Å². The molecule has 0 amide bonds. The minimum absolute atomic E-state index is 0.326. The van der Waals surface area contributed by atoms with Crippen LogP contribution in [0.5, 0.6) is 0 Å². The summed E-state index contributed by atoms with van der Waals surface area (Å²) < 4.78 is 80.6. The standard InChI is InChI=1S/C14H9BF6O/c1-5-3-7(11(18)13(20)9(5)16)15(22)8-4-6(2)10(17)14(21)12(8)19/h3-4,22H,1-2H3. The predicted molar refractivity (Wildman–Crippen MR) is 69.3 cm³/mol. The zero-order valence-corrected chi connectivity index (χ0v) is 11.4. The fourth-order valence-electron chi connectivity index (χ4n) is 2.08. The molecule has 0 bridgehead atoms. The average molecular weight is 318 g/mol. The Kier molecular flexibility index (Phi) is 4.24. The van der Waals surface area contributed by atoms with Crippen molar-refractivity contribution in [2.45, 2.75) is 13.8 Å². The summed E-state index contributed by atoms with van der Waals surface area (Å²) in [4.78, 5) is 0. The van der Waals surface area contributed by atoms with Crippen LogP contribution >= 0.6 is 0 Å². The summed E-state index contributed by atoms with van der Waals surface area (Å²) in [5.41, 5.74) is -2.21. The van der Waals surface area contributed by atoms with E-state index in [0.717, 1.165) is 26.0 Å². The van der Waals surface area contributed by atoms with Gasteiger partial charge in [0.1, 0.15) is 0 Å². The molecular weight excluding hydrogens is 309 g/mol. The molecule has 2 aromatic carbocycles. The summed E-state index contributed by atoms with van der Waals surface area (Å²) in [6.45, 7) is 0.101. The van der Waals surface area contributed by atoms with E-state index in [4.69, 9.17) is 0 Å². The van der Waals surface area contributed by atoms with E-state index in [2.05, 4.69) is 0 Å². The molecule has 22 heavy (non-hydrogen) atoms. The molecule has 0 fully saturated rings. The Balaban J connectivity index is 2.66. The first-order chi connectivity index (χ1) is 10.2. The fourth-order valence-corrected chi connectivity index (χ4v) is 2.08. The van der Waals surface area contributed by atoms with Gasteiger partial charge in [-0.15, -0.1) is 0 Å². The second-order valence-electron chi connectivity index (χ2n) is 4.85. The van der Waals surface area contributed by atoms with Crippen LogP contribution in [-0.2, 0) is 0 Å². The minimum Gasteiger partial charge on any atom is -0.443 e. The monoisotopic (exact) mass is 318 g/mol. The quantitative estimate of drug-likeness (QED) is 0.512. The number of halogens is 6. The van der Waals surface area contributed by atoms with Gasteiger partial charge in [0.15, 0.2) is 34.9 Å². The second kappa shape index (κ2) is 5.68. The first kappa shape index (κ1) is 16.4. The highest BCUT2D eigenvalue weighted by atomic mass is 19.2. The van der Waals surface area contributed by atoms with Gasteiger partial charge in [-0.25, -0.2) is 26.3 Å². The summed E-state index contributed by atoms with van der Waals surface area (Å²) in [6, 6.07) is 1.54. The molecule has 0 aromatic heterocycles. The molecule has 0 heterocycles. The van der Waals surface area contributed by atoms with Crippen molar-refractivity contribution in [1.29, 1.82) is 0 Å². The van der Waals surface area contributed by atoms with Crippen LogP contribution in [0.4, 0.5) is 26.3 Å². The summed E-state index contributed by atoms with van der Waals surface area (Å²) >= 11 is 0. The lowest BCUT2D eigenvalue weighted by Crippen LogP contribution is -2.47. The van der Waals surface area contributed by atoms with Crippen LogP contribution in [0.1, 0.15) is 11.1 Å². The third-order valence-corrected chi connectivity index (χ3v) is 3.30. The van der Waals surface area contributed by atoms with Crippen LogP contribution in [0, 0.1) is 48.8 Å². The van der Waals surface area contributed by atoms with Gasteiger partial charge >= 0.3 is 6.92 Å². The summed E-state index contributed by atoms with van der Waals surface area (Å²) in [7, 11) is 0. The Morgan fingerprint density at radius 2 is 0.955 bits per heavy atom. The number of benzene rings is 2. The van der Waals surface area contributed by atoms with E-state index in [-0.39, 0.29) is 11.1 Å². The van der Waals surface area contributed by atoms with Crippen molar-refractivity contribution in [3.63, 3.8) is 0 Å². The smallest absolute Gasteiger partial charge is 0.365 e. The molecule has 0 aliphatic carbocycles. The predicted octanol–water partition coefficient (Wildman–Crippen LogP) is 2.24. The first-order valence-electron chi connectivity index (χ1n) is 6.12. The fraction of sp³-hybridized carbons (Fsp3) is 0.143. The van der Waals surface area contributed by atoms with Gasteiger partial charge < -0.3 is 5.02 Å². The molecule has 1 N–H and O–H groups in total. The summed E-state index contributed by atoms with van der Waals surface area (Å²) in [5.74, 6) is -10.0. The number of rotatable bonds is 2. The van der Waals surface area contributed by atoms with Gasteiger partial charge in [-0.05, 0) is 35.9 Å². The van der Waals surface area contributed by atoms with Crippen LogP contribution in [0.3, 0.4) is 0 Å². The van der Waals surface area contributed by atoms with E-state index in [1.807, 2.05) is 0 Å². The molecule has 1 nitrogen and oxygen atoms in total. The Morgan fingerprint density at radius 1 is 0.636 bits per heavy atom. The lowest BCUT2D eigenvalue weighted by Gasteiger charge is -2.13. The highest BCUT2D eigenvalue weighted by molar-refractivity contribution is 6.79. The van der Waals surface area contributed by atoms with Gasteiger partial charge in [0, 0.05) is 0 Å². The van der Waals surface area contributed by atoms with Crippen LogP contribution in [-0.4, -0.2) is 11.9 Å². The van der Waals surface area contributed by atoms with E-state index >= 15 is 0 Å². The zero-order chi connectivity index (χ0) is 16.8. The second-order valence-corrected chi connectivity index (χ2v) is 4.85. The summed E-state index contributed by atoms with van der Waals surface area (Å²) in [5, 5.41) is 9.97. The Hall–Kier alpha value is -1.96. The third-order valence-electron chi connectivity index (χ3n) is 3.30. The number of aryl methyl sites for hydroxylation is 2. The van der Waals surface area contributed by atoms with Gasteiger partial charge in [-0.2, -0.15) is 0 Å². The molecule has 0 unspecified atom stereocenters. The maximum absolute atomic E-state index is 13.7. The Bertz CT molecular complexity index is 698. The zero-order valence-electron chi connectivity index (χ0n) is 11.4. The molecule has 2 aromatic rings. The van der Waals surface area contributed by atoms with Crippen molar-refractivity contribution in [3.8, 4) is 0 Å². The normalized spacial score (nSPS) is 11.0. The van der Waals surface area contributed by atoms with Crippen molar-refractivity contribution in [1.82, 2.24) is 0 Å². The molecule has 8 heteroatoms. The minimum atomic E-state index is -2.12. The number of hydrogen-bond acceptors (Lipinski definition) is 1. The third kappa shape index (κ3) is 2.47. The van der Waals surface area contributed by atoms with Crippen LogP contribution < -0.4 is 10.9 Å². The van der Waals surface area contributed by atoms with E-state index in [9.17, 15) is 31.4 Å². The van der Waals surface area contributed by atoms with Crippen LogP contribution in [0.2, 0.25) is 0 Å². The summed E-state index contributed by atoms with van der Waals surface area (Å²) in [6.07, 6.45) is 0. The van der Waals surface area contributed by atoms with Gasteiger partial charge in [0.25, 0.3) is 0 Å². The van der Waals surface area contributed by atoms with Crippen molar-refractivity contribution >= 4 is 17.8 Å². The molecule has 0 aliphatic heterocycles. The molecule has 0 saturated heterocycles. The van der Waals surface area contributed by atoms with Crippen LogP contribution in [0.25, 0.3) is 0 Å². The van der Waals surface area contributed by atoms with Crippen molar-refractivity contribution < 1.29 is 31.4 Å². The van der Waals surface area contributed by atoms with Gasteiger partial charge in [0.2, 0.25) is 0 Å². The molecular formula is C14H9BF6O.